The molecule has 6 aromatic heterocycles. The van der Waals surface area contributed by atoms with Crippen LogP contribution in [0.1, 0.15) is 0 Å². The van der Waals surface area contributed by atoms with E-state index in [0.29, 0.717) is 0 Å². The molecule has 152 valence electrons. The lowest BCUT2D eigenvalue weighted by molar-refractivity contribution is 2.01. The lowest BCUT2D eigenvalue weighted by Crippen LogP contribution is -1.64. The SMILES string of the molecule is c1cc2c(ccc3sc(-c4cc5sc(-c6cc7c(ccc8sccc87)s6)cc5s4)cc32)s1. The van der Waals surface area contributed by atoms with Crippen LogP contribution in [0.5, 0.6) is 0 Å². The molecule has 0 bridgehead atoms. The second kappa shape index (κ2) is 6.73. The highest BCUT2D eigenvalue weighted by atomic mass is 32.1. The summed E-state index contributed by atoms with van der Waals surface area (Å²) in [6.07, 6.45) is 0. The normalized spacial score (nSPS) is 12.4. The van der Waals surface area contributed by atoms with Crippen molar-refractivity contribution < 1.29 is 0 Å². The highest BCUT2D eigenvalue weighted by molar-refractivity contribution is 7.34. The van der Waals surface area contributed by atoms with Gasteiger partial charge in [-0.1, -0.05) is 0 Å². The van der Waals surface area contributed by atoms with Gasteiger partial charge in [-0.05, 0) is 71.4 Å². The van der Waals surface area contributed by atoms with Crippen molar-refractivity contribution in [2.24, 2.45) is 0 Å². The standard InChI is InChI=1S/C26H12S6/c1-3-19-15(13-5-7-27-17(1)13)9-21(29-19)23-11-25-26(31-23)12-24(32-25)22-10-16-14-6-8-28-18(14)2-4-20(16)30-22/h1-12H. The first-order valence-corrected chi connectivity index (χ1v) is 15.2. The first kappa shape index (κ1) is 18.4. The van der Waals surface area contributed by atoms with Gasteiger partial charge in [-0.3, -0.25) is 0 Å². The van der Waals surface area contributed by atoms with E-state index in [0.717, 1.165) is 0 Å². The number of fused-ring (bicyclic) bond motifs is 7. The van der Waals surface area contributed by atoms with E-state index in [4.69, 9.17) is 0 Å². The van der Waals surface area contributed by atoms with Gasteiger partial charge in [0.15, 0.2) is 0 Å². The molecule has 0 aliphatic carbocycles. The molecule has 8 rings (SSSR count). The fourth-order valence-corrected chi connectivity index (χ4v) is 10.7. The number of thiophene rings is 6. The van der Waals surface area contributed by atoms with Crippen molar-refractivity contribution >= 4 is 118 Å². The zero-order valence-corrected chi connectivity index (χ0v) is 21.3. The third kappa shape index (κ3) is 2.62. The third-order valence-electron chi connectivity index (χ3n) is 5.96. The summed E-state index contributed by atoms with van der Waals surface area (Å²) in [5.41, 5.74) is 0. The Morgan fingerprint density at radius 2 is 0.750 bits per heavy atom. The van der Waals surface area contributed by atoms with Crippen LogP contribution in [0.3, 0.4) is 0 Å². The molecule has 0 unspecified atom stereocenters. The Bertz CT molecular complexity index is 1770. The summed E-state index contributed by atoms with van der Waals surface area (Å²) >= 11 is 11.3. The van der Waals surface area contributed by atoms with E-state index >= 15 is 0 Å². The summed E-state index contributed by atoms with van der Waals surface area (Å²) in [5, 5.41) is 9.96. The molecule has 0 atom stereocenters. The molecule has 8 aromatic rings. The molecule has 0 spiro atoms. The van der Waals surface area contributed by atoms with Gasteiger partial charge < -0.3 is 0 Å². The second-order valence-electron chi connectivity index (χ2n) is 7.79. The Morgan fingerprint density at radius 1 is 0.344 bits per heavy atom. The Hall–Kier alpha value is -2.06. The van der Waals surface area contributed by atoms with Crippen LogP contribution in [0.15, 0.2) is 71.4 Å². The molecule has 0 aliphatic heterocycles. The molecule has 0 radical (unpaired) electrons. The Balaban J connectivity index is 1.23. The van der Waals surface area contributed by atoms with Crippen LogP contribution in [-0.4, -0.2) is 0 Å². The van der Waals surface area contributed by atoms with Crippen LogP contribution >= 0.6 is 68.0 Å². The van der Waals surface area contributed by atoms with Crippen LogP contribution in [0.4, 0.5) is 0 Å². The van der Waals surface area contributed by atoms with Gasteiger partial charge in [0.1, 0.15) is 0 Å². The van der Waals surface area contributed by atoms with E-state index in [-0.39, 0.29) is 0 Å². The van der Waals surface area contributed by atoms with Crippen LogP contribution in [0.2, 0.25) is 0 Å². The number of rotatable bonds is 2. The van der Waals surface area contributed by atoms with E-state index in [1.807, 2.05) is 68.0 Å². The summed E-state index contributed by atoms with van der Waals surface area (Å²) in [5.74, 6) is 0. The lowest BCUT2D eigenvalue weighted by Gasteiger charge is -1.90. The molecule has 32 heavy (non-hydrogen) atoms. The van der Waals surface area contributed by atoms with Gasteiger partial charge in [0.25, 0.3) is 0 Å². The molecule has 6 heteroatoms. The summed E-state index contributed by atoms with van der Waals surface area (Å²) in [7, 11) is 0. The van der Waals surface area contributed by atoms with Crippen molar-refractivity contribution in [3.63, 3.8) is 0 Å². The zero-order chi connectivity index (χ0) is 20.8. The van der Waals surface area contributed by atoms with E-state index in [2.05, 4.69) is 71.4 Å². The molecule has 0 nitrogen and oxygen atoms in total. The molecular weight excluding hydrogens is 505 g/mol. The molecule has 0 aliphatic rings. The van der Waals surface area contributed by atoms with E-state index in [1.54, 1.807) is 0 Å². The largest absolute Gasteiger partial charge is 0.144 e. The molecule has 0 fully saturated rings. The third-order valence-corrected chi connectivity index (χ3v) is 12.6. The predicted octanol–water partition coefficient (Wildman–Crippen LogP) is 11.2. The van der Waals surface area contributed by atoms with Gasteiger partial charge in [-0.2, -0.15) is 0 Å². The lowest BCUT2D eigenvalue weighted by atomic mass is 10.2. The first-order valence-electron chi connectivity index (χ1n) is 10.1. The molecule has 0 amide bonds. The summed E-state index contributed by atoms with van der Waals surface area (Å²) < 4.78 is 8.32. The topological polar surface area (TPSA) is 0 Å². The highest BCUT2D eigenvalue weighted by Gasteiger charge is 2.15. The summed E-state index contributed by atoms with van der Waals surface area (Å²) in [4.78, 5) is 5.54. The van der Waals surface area contributed by atoms with Crippen molar-refractivity contribution in [2.45, 2.75) is 0 Å². The molecule has 0 N–H and O–H groups in total. The second-order valence-corrected chi connectivity index (χ2v) is 14.0. The summed E-state index contributed by atoms with van der Waals surface area (Å²) in [6, 6.07) is 23.2. The minimum absolute atomic E-state index is 1.38. The van der Waals surface area contributed by atoms with E-state index < -0.39 is 0 Å². The highest BCUT2D eigenvalue weighted by Crippen LogP contribution is 2.47. The van der Waals surface area contributed by atoms with Crippen LogP contribution in [0.25, 0.3) is 69.3 Å². The maximum atomic E-state index is 2.40. The van der Waals surface area contributed by atoms with E-state index in [9.17, 15) is 0 Å². The van der Waals surface area contributed by atoms with Gasteiger partial charge in [0.05, 0.1) is 0 Å². The van der Waals surface area contributed by atoms with Gasteiger partial charge >= 0.3 is 0 Å². The average Bonchev–Trinajstić information content (AvgIpc) is 3.60. The smallest absolute Gasteiger partial charge is 0.0464 e. The van der Waals surface area contributed by atoms with Gasteiger partial charge in [0.2, 0.25) is 0 Å². The number of hydrogen-bond donors (Lipinski definition) is 0. The van der Waals surface area contributed by atoms with Gasteiger partial charge in [0, 0.05) is 69.3 Å². The maximum absolute atomic E-state index is 2.40. The molecular formula is C26H12S6. The summed E-state index contributed by atoms with van der Waals surface area (Å²) in [6.45, 7) is 0. The number of hydrogen-bond acceptors (Lipinski definition) is 6. The van der Waals surface area contributed by atoms with Crippen molar-refractivity contribution in [3.05, 3.63) is 71.4 Å². The fraction of sp³-hybridized carbons (Fsp3) is 0. The first-order chi connectivity index (χ1) is 15.8. The minimum atomic E-state index is 1.38. The monoisotopic (exact) mass is 516 g/mol. The molecule has 6 heterocycles. The van der Waals surface area contributed by atoms with E-state index in [1.165, 1.54) is 69.3 Å². The fourth-order valence-electron chi connectivity index (χ4n) is 4.45. The van der Waals surface area contributed by atoms with Crippen LogP contribution in [0, 0.1) is 0 Å². The molecule has 0 saturated carbocycles. The Kier molecular flexibility index (Phi) is 3.86. The van der Waals surface area contributed by atoms with Crippen molar-refractivity contribution in [2.75, 3.05) is 0 Å². The van der Waals surface area contributed by atoms with Gasteiger partial charge in [-0.25, -0.2) is 0 Å². The van der Waals surface area contributed by atoms with Crippen molar-refractivity contribution in [1.29, 1.82) is 0 Å². The van der Waals surface area contributed by atoms with Crippen molar-refractivity contribution in [1.82, 2.24) is 0 Å². The minimum Gasteiger partial charge on any atom is -0.144 e. The maximum Gasteiger partial charge on any atom is 0.0464 e. The Labute approximate surface area is 207 Å². The molecule has 2 aromatic carbocycles. The quantitative estimate of drug-likeness (QED) is 0.214. The number of benzene rings is 2. The zero-order valence-electron chi connectivity index (χ0n) is 16.4. The predicted molar refractivity (Wildman–Crippen MR) is 152 cm³/mol. The van der Waals surface area contributed by atoms with Crippen molar-refractivity contribution in [3.8, 4) is 19.5 Å². The van der Waals surface area contributed by atoms with Gasteiger partial charge in [-0.15, -0.1) is 68.0 Å². The Morgan fingerprint density at radius 3 is 1.25 bits per heavy atom. The molecule has 0 saturated heterocycles. The van der Waals surface area contributed by atoms with Crippen LogP contribution < -0.4 is 0 Å². The average molecular weight is 517 g/mol. The van der Waals surface area contributed by atoms with Crippen LogP contribution in [-0.2, 0) is 0 Å².